The molecule has 0 radical (unpaired) electrons. The number of para-hydroxylation sites is 1. The molecule has 23 heavy (non-hydrogen) atoms. The Labute approximate surface area is 135 Å². The van der Waals surface area contributed by atoms with Gasteiger partial charge >= 0.3 is 0 Å². The maximum absolute atomic E-state index is 12.4. The van der Waals surface area contributed by atoms with Crippen molar-refractivity contribution in [2.75, 3.05) is 5.32 Å². The standard InChI is InChI=1S/C19H19N3O/c1-12-7-6-10-18(20-12)22-19(23)11-16-13(2)15-8-4-5-9-17(15)21-14(16)3/h4-10H,11H2,1-3H3,(H,20,22,23). The van der Waals surface area contributed by atoms with Crippen LogP contribution in [-0.4, -0.2) is 15.9 Å². The van der Waals surface area contributed by atoms with Gasteiger partial charge in [-0.3, -0.25) is 9.78 Å². The van der Waals surface area contributed by atoms with Crippen LogP contribution in [0.1, 0.15) is 22.5 Å². The Bertz CT molecular complexity index is 887. The van der Waals surface area contributed by atoms with Crippen molar-refractivity contribution in [2.24, 2.45) is 0 Å². The lowest BCUT2D eigenvalue weighted by Crippen LogP contribution is -2.17. The Morgan fingerprint density at radius 3 is 2.57 bits per heavy atom. The summed E-state index contributed by atoms with van der Waals surface area (Å²) in [5.41, 5.74) is 4.83. The molecule has 2 heterocycles. The molecule has 3 rings (SSSR count). The van der Waals surface area contributed by atoms with E-state index < -0.39 is 0 Å². The molecule has 3 aromatic rings. The van der Waals surface area contributed by atoms with E-state index in [1.807, 2.05) is 57.2 Å². The van der Waals surface area contributed by atoms with Crippen LogP contribution in [0.2, 0.25) is 0 Å². The second kappa shape index (κ2) is 6.16. The van der Waals surface area contributed by atoms with Crippen molar-refractivity contribution in [3.63, 3.8) is 0 Å². The molecule has 0 aliphatic heterocycles. The Morgan fingerprint density at radius 2 is 1.78 bits per heavy atom. The number of hydrogen-bond acceptors (Lipinski definition) is 3. The molecule has 0 spiro atoms. The summed E-state index contributed by atoms with van der Waals surface area (Å²) in [6.45, 7) is 5.90. The number of nitrogens with zero attached hydrogens (tertiary/aromatic N) is 2. The van der Waals surface area contributed by atoms with Gasteiger partial charge < -0.3 is 5.32 Å². The van der Waals surface area contributed by atoms with Crippen LogP contribution in [0.5, 0.6) is 0 Å². The predicted molar refractivity (Wildman–Crippen MR) is 92.5 cm³/mol. The van der Waals surface area contributed by atoms with Gasteiger partial charge in [0.15, 0.2) is 0 Å². The van der Waals surface area contributed by atoms with Crippen LogP contribution in [-0.2, 0) is 11.2 Å². The second-order valence-corrected chi connectivity index (χ2v) is 5.71. The molecule has 2 aromatic heterocycles. The molecule has 0 atom stereocenters. The highest BCUT2D eigenvalue weighted by atomic mass is 16.1. The van der Waals surface area contributed by atoms with Crippen LogP contribution in [0.3, 0.4) is 0 Å². The van der Waals surface area contributed by atoms with Crippen LogP contribution in [0.4, 0.5) is 5.82 Å². The molecule has 116 valence electrons. The monoisotopic (exact) mass is 305 g/mol. The van der Waals surface area contributed by atoms with E-state index in [4.69, 9.17) is 0 Å². The first-order chi connectivity index (χ1) is 11.0. The third-order valence-electron chi connectivity index (χ3n) is 3.98. The summed E-state index contributed by atoms with van der Waals surface area (Å²) in [6.07, 6.45) is 0.297. The highest BCUT2D eigenvalue weighted by Gasteiger charge is 2.13. The van der Waals surface area contributed by atoms with E-state index in [0.29, 0.717) is 12.2 Å². The number of hydrogen-bond donors (Lipinski definition) is 1. The molecule has 1 aromatic carbocycles. The highest BCUT2D eigenvalue weighted by Crippen LogP contribution is 2.23. The Kier molecular flexibility index (Phi) is 4.06. The van der Waals surface area contributed by atoms with Crippen molar-refractivity contribution >= 4 is 22.6 Å². The molecule has 0 aliphatic carbocycles. The largest absolute Gasteiger partial charge is 0.310 e. The van der Waals surface area contributed by atoms with Crippen molar-refractivity contribution in [3.05, 3.63) is 65.0 Å². The van der Waals surface area contributed by atoms with E-state index in [-0.39, 0.29) is 5.91 Å². The van der Waals surface area contributed by atoms with Gasteiger partial charge in [0, 0.05) is 16.8 Å². The SMILES string of the molecule is Cc1cccc(NC(=O)Cc2c(C)nc3ccccc3c2C)n1. The van der Waals surface area contributed by atoms with Gasteiger partial charge in [-0.1, -0.05) is 24.3 Å². The van der Waals surface area contributed by atoms with Crippen LogP contribution in [0.25, 0.3) is 10.9 Å². The summed E-state index contributed by atoms with van der Waals surface area (Å²) in [5, 5.41) is 3.95. The number of amides is 1. The zero-order chi connectivity index (χ0) is 16.4. The normalized spacial score (nSPS) is 10.7. The minimum absolute atomic E-state index is 0.0774. The van der Waals surface area contributed by atoms with Crippen LogP contribution < -0.4 is 5.32 Å². The van der Waals surface area contributed by atoms with Crippen LogP contribution in [0, 0.1) is 20.8 Å². The second-order valence-electron chi connectivity index (χ2n) is 5.71. The minimum Gasteiger partial charge on any atom is -0.310 e. The fraction of sp³-hybridized carbons (Fsp3) is 0.211. The van der Waals surface area contributed by atoms with Crippen molar-refractivity contribution < 1.29 is 4.79 Å². The lowest BCUT2D eigenvalue weighted by Gasteiger charge is -2.12. The summed E-state index contributed by atoms with van der Waals surface area (Å²) in [6, 6.07) is 13.6. The van der Waals surface area contributed by atoms with E-state index in [0.717, 1.165) is 33.4 Å². The number of rotatable bonds is 3. The molecule has 4 heteroatoms. The van der Waals surface area contributed by atoms with Crippen LogP contribution >= 0.6 is 0 Å². The molecule has 0 fully saturated rings. The highest BCUT2D eigenvalue weighted by molar-refractivity contribution is 5.93. The van der Waals surface area contributed by atoms with Crippen molar-refractivity contribution in [3.8, 4) is 0 Å². The molecule has 0 saturated carbocycles. The number of fused-ring (bicyclic) bond motifs is 1. The maximum atomic E-state index is 12.4. The molecule has 1 amide bonds. The Hall–Kier alpha value is -2.75. The molecule has 0 aliphatic rings. The smallest absolute Gasteiger partial charge is 0.230 e. The van der Waals surface area contributed by atoms with E-state index in [2.05, 4.69) is 15.3 Å². The van der Waals surface area contributed by atoms with E-state index >= 15 is 0 Å². The summed E-state index contributed by atoms with van der Waals surface area (Å²) >= 11 is 0. The van der Waals surface area contributed by atoms with Gasteiger partial charge in [-0.25, -0.2) is 4.98 Å². The molecular weight excluding hydrogens is 286 g/mol. The average Bonchev–Trinajstić information content (AvgIpc) is 2.51. The van der Waals surface area contributed by atoms with Gasteiger partial charge in [0.25, 0.3) is 0 Å². The first-order valence-corrected chi connectivity index (χ1v) is 7.63. The number of benzene rings is 1. The van der Waals surface area contributed by atoms with E-state index in [9.17, 15) is 4.79 Å². The van der Waals surface area contributed by atoms with Gasteiger partial charge in [0.1, 0.15) is 5.82 Å². The first kappa shape index (κ1) is 15.2. The lowest BCUT2D eigenvalue weighted by molar-refractivity contribution is -0.115. The molecule has 0 bridgehead atoms. The Morgan fingerprint density at radius 1 is 1.00 bits per heavy atom. The zero-order valence-electron chi connectivity index (χ0n) is 13.6. The van der Waals surface area contributed by atoms with Gasteiger partial charge in [0.05, 0.1) is 11.9 Å². The number of carbonyl (C=O) groups excluding carboxylic acids is 1. The number of nitrogens with one attached hydrogen (secondary N) is 1. The zero-order valence-corrected chi connectivity index (χ0v) is 13.6. The number of carbonyl (C=O) groups is 1. The van der Waals surface area contributed by atoms with E-state index in [1.165, 1.54) is 0 Å². The topological polar surface area (TPSA) is 54.9 Å². The number of aryl methyl sites for hydroxylation is 3. The lowest BCUT2D eigenvalue weighted by atomic mass is 9.99. The quantitative estimate of drug-likeness (QED) is 0.802. The molecule has 1 N–H and O–H groups in total. The fourth-order valence-electron chi connectivity index (χ4n) is 2.79. The fourth-order valence-corrected chi connectivity index (χ4v) is 2.79. The number of anilines is 1. The number of aromatic nitrogens is 2. The average molecular weight is 305 g/mol. The van der Waals surface area contributed by atoms with Gasteiger partial charge in [-0.15, -0.1) is 0 Å². The molecular formula is C19H19N3O. The number of pyridine rings is 2. The molecule has 4 nitrogen and oxygen atoms in total. The van der Waals surface area contributed by atoms with E-state index in [1.54, 1.807) is 6.07 Å². The predicted octanol–water partition coefficient (Wildman–Crippen LogP) is 3.74. The molecule has 0 unspecified atom stereocenters. The minimum atomic E-state index is -0.0774. The third-order valence-corrected chi connectivity index (χ3v) is 3.98. The third kappa shape index (κ3) is 3.21. The summed E-state index contributed by atoms with van der Waals surface area (Å²) < 4.78 is 0. The maximum Gasteiger partial charge on any atom is 0.230 e. The van der Waals surface area contributed by atoms with Crippen molar-refractivity contribution in [2.45, 2.75) is 27.2 Å². The van der Waals surface area contributed by atoms with Gasteiger partial charge in [-0.05, 0) is 50.1 Å². The summed E-state index contributed by atoms with van der Waals surface area (Å²) in [4.78, 5) is 21.3. The van der Waals surface area contributed by atoms with Crippen LogP contribution in [0.15, 0.2) is 42.5 Å². The van der Waals surface area contributed by atoms with Crippen molar-refractivity contribution in [1.29, 1.82) is 0 Å². The van der Waals surface area contributed by atoms with Crippen molar-refractivity contribution in [1.82, 2.24) is 9.97 Å². The van der Waals surface area contributed by atoms with Gasteiger partial charge in [0.2, 0.25) is 5.91 Å². The molecule has 0 saturated heterocycles. The van der Waals surface area contributed by atoms with Gasteiger partial charge in [-0.2, -0.15) is 0 Å². The first-order valence-electron chi connectivity index (χ1n) is 7.63. The summed E-state index contributed by atoms with van der Waals surface area (Å²) in [5.74, 6) is 0.505. The Balaban J connectivity index is 1.87. The summed E-state index contributed by atoms with van der Waals surface area (Å²) in [7, 11) is 0.